The number of hydrogen-bond donors (Lipinski definition) is 0. The summed E-state index contributed by atoms with van der Waals surface area (Å²) >= 11 is 3.34. The van der Waals surface area contributed by atoms with Crippen molar-refractivity contribution in [3.63, 3.8) is 0 Å². The van der Waals surface area contributed by atoms with Crippen LogP contribution < -0.4 is 4.90 Å². The Bertz CT molecular complexity index is 667. The van der Waals surface area contributed by atoms with Gasteiger partial charge < -0.3 is 4.90 Å². The van der Waals surface area contributed by atoms with Crippen molar-refractivity contribution in [3.8, 4) is 0 Å². The molecule has 2 heterocycles. The van der Waals surface area contributed by atoms with E-state index in [0.29, 0.717) is 24.1 Å². The zero-order chi connectivity index (χ0) is 17.1. The summed E-state index contributed by atoms with van der Waals surface area (Å²) in [7, 11) is 2.01. The van der Waals surface area contributed by atoms with Gasteiger partial charge in [-0.2, -0.15) is 0 Å². The Balaban J connectivity index is 1.56. The van der Waals surface area contributed by atoms with Gasteiger partial charge in [0.05, 0.1) is 4.47 Å². The zero-order valence-electron chi connectivity index (χ0n) is 13.4. The van der Waals surface area contributed by atoms with Gasteiger partial charge in [0.2, 0.25) is 5.95 Å². The highest BCUT2D eigenvalue weighted by atomic mass is 79.9. The second-order valence-corrected chi connectivity index (χ2v) is 7.01. The highest BCUT2D eigenvalue weighted by molar-refractivity contribution is 9.10. The highest BCUT2D eigenvalue weighted by Crippen LogP contribution is 2.21. The summed E-state index contributed by atoms with van der Waals surface area (Å²) in [4.78, 5) is 13.0. The first-order valence-electron chi connectivity index (χ1n) is 7.89. The molecular weight excluding hydrogens is 378 g/mol. The molecule has 1 saturated heterocycles. The molecule has 0 radical (unpaired) electrons. The SMILES string of the molecule is CN(c1ncc(Br)cn1)C1CCN(Cc2cc(F)cc(F)c2)CC1. The van der Waals surface area contributed by atoms with E-state index in [4.69, 9.17) is 0 Å². The molecule has 24 heavy (non-hydrogen) atoms. The summed E-state index contributed by atoms with van der Waals surface area (Å²) < 4.78 is 27.4. The number of rotatable bonds is 4. The van der Waals surface area contributed by atoms with Gasteiger partial charge >= 0.3 is 0 Å². The van der Waals surface area contributed by atoms with Gasteiger partial charge in [-0.15, -0.1) is 0 Å². The molecule has 1 aromatic carbocycles. The summed E-state index contributed by atoms with van der Waals surface area (Å²) in [6.07, 6.45) is 5.42. The van der Waals surface area contributed by atoms with E-state index in [9.17, 15) is 8.78 Å². The van der Waals surface area contributed by atoms with Crippen molar-refractivity contribution in [3.05, 3.63) is 52.3 Å². The van der Waals surface area contributed by atoms with Crippen LogP contribution in [-0.4, -0.2) is 41.0 Å². The third-order valence-corrected chi connectivity index (χ3v) is 4.77. The maximum Gasteiger partial charge on any atom is 0.225 e. The van der Waals surface area contributed by atoms with E-state index in [0.717, 1.165) is 36.5 Å². The highest BCUT2D eigenvalue weighted by Gasteiger charge is 2.24. The first-order chi connectivity index (χ1) is 11.5. The molecule has 0 atom stereocenters. The number of halogens is 3. The Kier molecular flexibility index (Phi) is 5.40. The molecule has 128 valence electrons. The van der Waals surface area contributed by atoms with Crippen LogP contribution in [0.1, 0.15) is 18.4 Å². The average molecular weight is 397 g/mol. The van der Waals surface area contributed by atoms with Crippen LogP contribution in [0, 0.1) is 11.6 Å². The van der Waals surface area contributed by atoms with Gasteiger partial charge in [-0.1, -0.05) is 0 Å². The van der Waals surface area contributed by atoms with Crippen molar-refractivity contribution >= 4 is 21.9 Å². The molecule has 0 amide bonds. The van der Waals surface area contributed by atoms with Crippen molar-refractivity contribution in [2.45, 2.75) is 25.4 Å². The van der Waals surface area contributed by atoms with Crippen molar-refractivity contribution in [2.75, 3.05) is 25.0 Å². The lowest BCUT2D eigenvalue weighted by atomic mass is 10.0. The van der Waals surface area contributed by atoms with Crippen LogP contribution in [0.5, 0.6) is 0 Å². The third-order valence-electron chi connectivity index (χ3n) is 4.36. The van der Waals surface area contributed by atoms with Gasteiger partial charge in [0.1, 0.15) is 11.6 Å². The van der Waals surface area contributed by atoms with Crippen LogP contribution in [0.15, 0.2) is 35.1 Å². The molecule has 1 aromatic heterocycles. The first kappa shape index (κ1) is 17.2. The average Bonchev–Trinajstić information content (AvgIpc) is 2.55. The number of hydrogen-bond acceptors (Lipinski definition) is 4. The van der Waals surface area contributed by atoms with Crippen molar-refractivity contribution in [1.29, 1.82) is 0 Å². The van der Waals surface area contributed by atoms with E-state index in [1.54, 1.807) is 12.4 Å². The molecule has 0 unspecified atom stereocenters. The Morgan fingerprint density at radius 3 is 2.29 bits per heavy atom. The van der Waals surface area contributed by atoms with Gasteiger partial charge in [0.25, 0.3) is 0 Å². The second kappa shape index (κ2) is 7.53. The van der Waals surface area contributed by atoms with Crippen LogP contribution in [0.25, 0.3) is 0 Å². The lowest BCUT2D eigenvalue weighted by molar-refractivity contribution is 0.202. The molecule has 7 heteroatoms. The molecule has 0 spiro atoms. The Morgan fingerprint density at radius 1 is 1.12 bits per heavy atom. The molecule has 0 bridgehead atoms. The minimum absolute atomic E-state index is 0.367. The van der Waals surface area contributed by atoms with Crippen LogP contribution >= 0.6 is 15.9 Å². The maximum atomic E-state index is 13.3. The van der Waals surface area contributed by atoms with E-state index in [1.165, 1.54) is 12.1 Å². The normalized spacial score (nSPS) is 16.3. The lowest BCUT2D eigenvalue weighted by Crippen LogP contribution is -2.43. The predicted molar refractivity (Wildman–Crippen MR) is 92.8 cm³/mol. The maximum absolute atomic E-state index is 13.3. The molecule has 0 aliphatic carbocycles. The third kappa shape index (κ3) is 4.27. The molecule has 0 N–H and O–H groups in total. The number of aromatic nitrogens is 2. The number of piperidine rings is 1. The zero-order valence-corrected chi connectivity index (χ0v) is 15.0. The number of benzene rings is 1. The monoisotopic (exact) mass is 396 g/mol. The van der Waals surface area contributed by atoms with Crippen molar-refractivity contribution < 1.29 is 8.78 Å². The molecule has 4 nitrogen and oxygen atoms in total. The smallest absolute Gasteiger partial charge is 0.225 e. The van der Waals surface area contributed by atoms with E-state index in [2.05, 4.69) is 35.7 Å². The predicted octanol–water partition coefficient (Wildman–Crippen LogP) is 3.62. The summed E-state index contributed by atoms with van der Waals surface area (Å²) in [5, 5.41) is 0. The number of nitrogens with zero attached hydrogens (tertiary/aromatic N) is 4. The standard InChI is InChI=1S/C17H19BrF2N4/c1-23(17-21-9-13(18)10-22-17)16-2-4-24(5-3-16)11-12-6-14(19)8-15(20)7-12/h6-10,16H,2-5,11H2,1H3. The minimum Gasteiger partial charge on any atom is -0.341 e. The second-order valence-electron chi connectivity index (χ2n) is 6.10. The molecule has 1 aliphatic heterocycles. The van der Waals surface area contributed by atoms with E-state index < -0.39 is 11.6 Å². The fourth-order valence-electron chi connectivity index (χ4n) is 3.08. The van der Waals surface area contributed by atoms with Gasteiger partial charge in [0.15, 0.2) is 0 Å². The summed E-state index contributed by atoms with van der Waals surface area (Å²) in [5.41, 5.74) is 0.676. The fourth-order valence-corrected chi connectivity index (χ4v) is 3.28. The Morgan fingerprint density at radius 2 is 1.71 bits per heavy atom. The van der Waals surface area contributed by atoms with Gasteiger partial charge in [0, 0.05) is 51.2 Å². The van der Waals surface area contributed by atoms with Crippen LogP contribution in [0.4, 0.5) is 14.7 Å². The summed E-state index contributed by atoms with van der Waals surface area (Å²) in [6.45, 7) is 2.33. The number of anilines is 1. The Labute approximate surface area is 148 Å². The Hall–Kier alpha value is -1.60. The van der Waals surface area contributed by atoms with Crippen LogP contribution in [-0.2, 0) is 6.54 Å². The molecule has 1 aliphatic rings. The fraction of sp³-hybridized carbons (Fsp3) is 0.412. The molecule has 1 fully saturated rings. The first-order valence-corrected chi connectivity index (χ1v) is 8.68. The summed E-state index contributed by atoms with van der Waals surface area (Å²) in [6, 6.07) is 4.07. The molecule has 0 saturated carbocycles. The van der Waals surface area contributed by atoms with Crippen molar-refractivity contribution in [2.24, 2.45) is 0 Å². The van der Waals surface area contributed by atoms with Gasteiger partial charge in [-0.3, -0.25) is 4.90 Å². The van der Waals surface area contributed by atoms with E-state index in [-0.39, 0.29) is 0 Å². The van der Waals surface area contributed by atoms with Crippen LogP contribution in [0.2, 0.25) is 0 Å². The lowest BCUT2D eigenvalue weighted by Gasteiger charge is -2.36. The van der Waals surface area contributed by atoms with E-state index >= 15 is 0 Å². The topological polar surface area (TPSA) is 32.3 Å². The van der Waals surface area contributed by atoms with Gasteiger partial charge in [-0.25, -0.2) is 18.7 Å². The molecular formula is C17H19BrF2N4. The molecule has 3 rings (SSSR count). The van der Waals surface area contributed by atoms with Gasteiger partial charge in [-0.05, 0) is 46.5 Å². The molecule has 2 aromatic rings. The minimum atomic E-state index is -0.521. The largest absolute Gasteiger partial charge is 0.341 e. The van der Waals surface area contributed by atoms with Crippen LogP contribution in [0.3, 0.4) is 0 Å². The quantitative estimate of drug-likeness (QED) is 0.789. The summed E-state index contributed by atoms with van der Waals surface area (Å²) in [5.74, 6) is -0.331. The number of likely N-dealkylation sites (tertiary alicyclic amines) is 1. The van der Waals surface area contributed by atoms with Crippen molar-refractivity contribution in [1.82, 2.24) is 14.9 Å². The van der Waals surface area contributed by atoms with E-state index in [1.807, 2.05) is 7.05 Å².